The van der Waals surface area contributed by atoms with Crippen molar-refractivity contribution in [3.05, 3.63) is 96.4 Å². The fourth-order valence-electron chi connectivity index (χ4n) is 4.31. The number of carbonyl (C=O) groups excluding carboxylic acids is 1. The van der Waals surface area contributed by atoms with Gasteiger partial charge in [0.05, 0.1) is 11.4 Å². The van der Waals surface area contributed by atoms with Gasteiger partial charge in [-0.15, -0.1) is 0 Å². The van der Waals surface area contributed by atoms with Gasteiger partial charge in [0.2, 0.25) is 0 Å². The first kappa shape index (κ1) is 20.9. The minimum Gasteiger partial charge on any atom is -0.371 e. The fourth-order valence-corrected chi connectivity index (χ4v) is 4.31. The van der Waals surface area contributed by atoms with E-state index in [-0.39, 0.29) is 5.91 Å². The predicted octanol–water partition coefficient (Wildman–Crippen LogP) is 4.81. The number of nitrogens with zero attached hydrogens (tertiary/aromatic N) is 5. The molecule has 1 saturated heterocycles. The van der Waals surface area contributed by atoms with Gasteiger partial charge in [-0.3, -0.25) is 9.78 Å². The van der Waals surface area contributed by atoms with E-state index in [1.54, 1.807) is 11.1 Å². The van der Waals surface area contributed by atoms with Gasteiger partial charge in [0.25, 0.3) is 5.91 Å². The minimum atomic E-state index is -0.0949. The molecule has 0 saturated carbocycles. The molecule has 5 rings (SSSR count). The molecule has 0 N–H and O–H groups in total. The molecule has 0 unspecified atom stereocenters. The number of carbonyl (C=O) groups is 1. The Kier molecular flexibility index (Phi) is 5.89. The Morgan fingerprint density at radius 3 is 2.36 bits per heavy atom. The Morgan fingerprint density at radius 2 is 1.64 bits per heavy atom. The molecule has 33 heavy (non-hydrogen) atoms. The molecule has 4 aromatic rings. The SMILES string of the molecule is CN(Cc1cn(-c2ccccc2)nc1-c1ccccc1)C(=O)c1cc(N2CCCC2)ccn1. The summed E-state index contributed by atoms with van der Waals surface area (Å²) in [6, 6.07) is 24.0. The van der Waals surface area contributed by atoms with Gasteiger partial charge in [-0.25, -0.2) is 4.68 Å². The van der Waals surface area contributed by atoms with E-state index in [0.717, 1.165) is 41.3 Å². The van der Waals surface area contributed by atoms with Crippen molar-refractivity contribution in [3.63, 3.8) is 0 Å². The zero-order valence-electron chi connectivity index (χ0n) is 18.8. The van der Waals surface area contributed by atoms with Crippen molar-refractivity contribution in [3.8, 4) is 16.9 Å². The van der Waals surface area contributed by atoms with Gasteiger partial charge in [-0.05, 0) is 37.1 Å². The first-order valence-corrected chi connectivity index (χ1v) is 11.3. The van der Waals surface area contributed by atoms with E-state index in [1.165, 1.54) is 12.8 Å². The zero-order chi connectivity index (χ0) is 22.6. The lowest BCUT2D eigenvalue weighted by atomic mass is 10.1. The van der Waals surface area contributed by atoms with Crippen molar-refractivity contribution >= 4 is 11.6 Å². The number of rotatable bonds is 6. The number of hydrogen-bond donors (Lipinski definition) is 0. The molecule has 1 fully saturated rings. The summed E-state index contributed by atoms with van der Waals surface area (Å²) in [6.45, 7) is 2.50. The summed E-state index contributed by atoms with van der Waals surface area (Å²) in [5.74, 6) is -0.0949. The van der Waals surface area contributed by atoms with Crippen LogP contribution in [0.25, 0.3) is 16.9 Å². The largest absolute Gasteiger partial charge is 0.371 e. The third-order valence-corrected chi connectivity index (χ3v) is 6.05. The van der Waals surface area contributed by atoms with Gasteiger partial charge in [-0.1, -0.05) is 48.5 Å². The average molecular weight is 438 g/mol. The second-order valence-electron chi connectivity index (χ2n) is 8.40. The molecule has 1 amide bonds. The van der Waals surface area contributed by atoms with Crippen molar-refractivity contribution in [1.29, 1.82) is 0 Å². The van der Waals surface area contributed by atoms with Crippen molar-refractivity contribution in [1.82, 2.24) is 19.7 Å². The summed E-state index contributed by atoms with van der Waals surface area (Å²) in [7, 11) is 1.82. The molecule has 2 aromatic carbocycles. The predicted molar refractivity (Wildman–Crippen MR) is 130 cm³/mol. The summed E-state index contributed by atoms with van der Waals surface area (Å²) in [6.07, 6.45) is 6.13. The third kappa shape index (κ3) is 4.51. The number of aromatic nitrogens is 3. The van der Waals surface area contributed by atoms with Gasteiger partial charge in [-0.2, -0.15) is 5.10 Å². The normalized spacial score (nSPS) is 13.3. The summed E-state index contributed by atoms with van der Waals surface area (Å²) in [4.78, 5) is 21.7. The van der Waals surface area contributed by atoms with Crippen LogP contribution < -0.4 is 4.90 Å². The summed E-state index contributed by atoms with van der Waals surface area (Å²) in [5, 5.41) is 4.86. The molecular weight excluding hydrogens is 410 g/mol. The van der Waals surface area contributed by atoms with Crippen molar-refractivity contribution in [2.45, 2.75) is 19.4 Å². The molecular formula is C27H27N5O. The van der Waals surface area contributed by atoms with E-state index < -0.39 is 0 Å². The highest BCUT2D eigenvalue weighted by atomic mass is 16.2. The average Bonchev–Trinajstić information content (AvgIpc) is 3.55. The zero-order valence-corrected chi connectivity index (χ0v) is 18.8. The molecule has 6 heteroatoms. The molecule has 3 heterocycles. The van der Waals surface area contributed by atoms with Crippen LogP contribution in [0.1, 0.15) is 28.9 Å². The van der Waals surface area contributed by atoms with Crippen LogP contribution in [0.2, 0.25) is 0 Å². The second kappa shape index (κ2) is 9.28. The fraction of sp³-hybridized carbons (Fsp3) is 0.222. The highest BCUT2D eigenvalue weighted by molar-refractivity contribution is 5.93. The second-order valence-corrected chi connectivity index (χ2v) is 8.40. The Bertz CT molecular complexity index is 1230. The Morgan fingerprint density at radius 1 is 0.939 bits per heavy atom. The Labute approximate surface area is 194 Å². The topological polar surface area (TPSA) is 54.3 Å². The molecule has 0 radical (unpaired) electrons. The van der Waals surface area contributed by atoms with Gasteiger partial charge in [0, 0.05) is 55.9 Å². The molecule has 0 spiro atoms. The van der Waals surface area contributed by atoms with E-state index in [4.69, 9.17) is 5.10 Å². The van der Waals surface area contributed by atoms with Gasteiger partial charge in [0.15, 0.2) is 0 Å². The molecule has 166 valence electrons. The lowest BCUT2D eigenvalue weighted by molar-refractivity contribution is 0.0779. The Hall–Kier alpha value is -3.93. The number of para-hydroxylation sites is 1. The Balaban J connectivity index is 1.43. The van der Waals surface area contributed by atoms with Crippen LogP contribution in [0, 0.1) is 0 Å². The molecule has 0 bridgehead atoms. The van der Waals surface area contributed by atoms with Crippen molar-refractivity contribution < 1.29 is 4.79 Å². The van der Waals surface area contributed by atoms with E-state index in [1.807, 2.05) is 90.7 Å². The summed E-state index contributed by atoms with van der Waals surface area (Å²) in [5.41, 5.74) is 5.40. The smallest absolute Gasteiger partial charge is 0.272 e. The molecule has 2 aromatic heterocycles. The number of anilines is 1. The van der Waals surface area contributed by atoms with Gasteiger partial charge in [0.1, 0.15) is 5.69 Å². The first-order chi connectivity index (χ1) is 16.2. The molecule has 0 aliphatic carbocycles. The lowest BCUT2D eigenvalue weighted by Gasteiger charge is -2.20. The van der Waals surface area contributed by atoms with Crippen LogP contribution in [0.15, 0.2) is 85.2 Å². The van der Waals surface area contributed by atoms with Crippen LogP contribution >= 0.6 is 0 Å². The van der Waals surface area contributed by atoms with Crippen LogP contribution in [-0.2, 0) is 6.54 Å². The van der Waals surface area contributed by atoms with E-state index >= 15 is 0 Å². The van der Waals surface area contributed by atoms with E-state index in [0.29, 0.717) is 12.2 Å². The van der Waals surface area contributed by atoms with E-state index in [2.05, 4.69) is 9.88 Å². The van der Waals surface area contributed by atoms with E-state index in [9.17, 15) is 4.79 Å². The highest BCUT2D eigenvalue weighted by Gasteiger charge is 2.20. The quantitative estimate of drug-likeness (QED) is 0.435. The maximum Gasteiger partial charge on any atom is 0.272 e. The number of hydrogen-bond acceptors (Lipinski definition) is 4. The summed E-state index contributed by atoms with van der Waals surface area (Å²) >= 11 is 0. The number of benzene rings is 2. The molecule has 1 aliphatic heterocycles. The van der Waals surface area contributed by atoms with Gasteiger partial charge < -0.3 is 9.80 Å². The summed E-state index contributed by atoms with van der Waals surface area (Å²) < 4.78 is 1.88. The molecule has 1 aliphatic rings. The monoisotopic (exact) mass is 437 g/mol. The van der Waals surface area contributed by atoms with Gasteiger partial charge >= 0.3 is 0 Å². The standard InChI is InChI=1S/C27H27N5O/c1-30(27(33)25-18-24(14-15-28-25)31-16-8-9-17-31)19-22-20-32(23-12-6-3-7-13-23)29-26(22)21-10-4-2-5-11-21/h2-7,10-15,18,20H,8-9,16-17,19H2,1H3. The number of pyridine rings is 1. The van der Waals surface area contributed by atoms with Crippen LogP contribution in [-0.4, -0.2) is 45.7 Å². The first-order valence-electron chi connectivity index (χ1n) is 11.3. The van der Waals surface area contributed by atoms with Crippen molar-refractivity contribution in [2.75, 3.05) is 25.0 Å². The molecule has 0 atom stereocenters. The van der Waals surface area contributed by atoms with Crippen LogP contribution in [0.5, 0.6) is 0 Å². The lowest BCUT2D eigenvalue weighted by Crippen LogP contribution is -2.27. The maximum atomic E-state index is 13.3. The third-order valence-electron chi connectivity index (χ3n) is 6.05. The highest BCUT2D eigenvalue weighted by Crippen LogP contribution is 2.26. The minimum absolute atomic E-state index is 0.0949. The maximum absolute atomic E-state index is 13.3. The van der Waals surface area contributed by atoms with Crippen LogP contribution in [0.4, 0.5) is 5.69 Å². The molecule has 6 nitrogen and oxygen atoms in total. The van der Waals surface area contributed by atoms with Crippen LogP contribution in [0.3, 0.4) is 0 Å². The van der Waals surface area contributed by atoms with Crippen molar-refractivity contribution in [2.24, 2.45) is 0 Å². The number of amides is 1.